The molecule has 6 heteroatoms. The van der Waals surface area contributed by atoms with Gasteiger partial charge in [0.05, 0.1) is 6.04 Å². The predicted octanol–water partition coefficient (Wildman–Crippen LogP) is 3.62. The smallest absolute Gasteiger partial charge is 0.241 e. The van der Waals surface area contributed by atoms with Crippen molar-refractivity contribution in [2.24, 2.45) is 5.73 Å². The Hall–Kier alpha value is -1.69. The van der Waals surface area contributed by atoms with Crippen LogP contribution in [-0.4, -0.2) is 16.2 Å². The van der Waals surface area contributed by atoms with E-state index >= 15 is 0 Å². The standard InChI is InChI=1S/C19H24N2O2S.ClH/c1-2-7-18(20)19(22)21-17-11-6-10-16(12-17)14-24(23)13-15-8-4-3-5-9-15;/h3-6,8-12,18H,2,7,13-14,20H2,1H3,(H,21,22);1H. The van der Waals surface area contributed by atoms with E-state index in [2.05, 4.69) is 5.32 Å². The summed E-state index contributed by atoms with van der Waals surface area (Å²) >= 11 is 0. The Morgan fingerprint density at radius 3 is 2.40 bits per heavy atom. The van der Waals surface area contributed by atoms with Crippen molar-refractivity contribution in [1.82, 2.24) is 0 Å². The number of amides is 1. The second-order valence-corrected chi connectivity index (χ2v) is 7.26. The second kappa shape index (κ2) is 11.0. The molecule has 2 unspecified atom stereocenters. The largest absolute Gasteiger partial charge is 0.325 e. The lowest BCUT2D eigenvalue weighted by Crippen LogP contribution is -2.35. The molecule has 0 saturated carbocycles. The van der Waals surface area contributed by atoms with Crippen molar-refractivity contribution in [2.75, 3.05) is 5.32 Å². The van der Waals surface area contributed by atoms with Crippen molar-refractivity contribution in [3.63, 3.8) is 0 Å². The number of halogens is 1. The lowest BCUT2D eigenvalue weighted by molar-refractivity contribution is -0.117. The van der Waals surface area contributed by atoms with Crippen molar-refractivity contribution < 1.29 is 9.00 Å². The minimum Gasteiger partial charge on any atom is -0.325 e. The lowest BCUT2D eigenvalue weighted by Gasteiger charge is -2.12. The third kappa shape index (κ3) is 7.38. The van der Waals surface area contributed by atoms with Crippen LogP contribution in [-0.2, 0) is 27.1 Å². The van der Waals surface area contributed by atoms with Crippen molar-refractivity contribution in [2.45, 2.75) is 37.3 Å². The Morgan fingerprint density at radius 2 is 1.72 bits per heavy atom. The van der Waals surface area contributed by atoms with Crippen LogP contribution in [0.3, 0.4) is 0 Å². The van der Waals surface area contributed by atoms with E-state index in [9.17, 15) is 9.00 Å². The van der Waals surface area contributed by atoms with Gasteiger partial charge in [0.15, 0.2) is 0 Å². The number of carbonyl (C=O) groups excluding carboxylic acids is 1. The molecule has 2 aromatic rings. The average Bonchev–Trinajstić information content (AvgIpc) is 2.56. The third-order valence-electron chi connectivity index (χ3n) is 3.63. The zero-order valence-corrected chi connectivity index (χ0v) is 15.9. The van der Waals surface area contributed by atoms with Gasteiger partial charge in [0, 0.05) is 28.0 Å². The van der Waals surface area contributed by atoms with Crippen LogP contribution in [0.5, 0.6) is 0 Å². The Labute approximate surface area is 158 Å². The van der Waals surface area contributed by atoms with E-state index < -0.39 is 16.8 Å². The monoisotopic (exact) mass is 380 g/mol. The Bertz CT molecular complexity index is 695. The maximum Gasteiger partial charge on any atom is 0.241 e. The molecule has 0 aromatic heterocycles. The molecule has 0 aliphatic heterocycles. The zero-order valence-electron chi connectivity index (χ0n) is 14.3. The fourth-order valence-electron chi connectivity index (χ4n) is 2.41. The highest BCUT2D eigenvalue weighted by Crippen LogP contribution is 2.15. The van der Waals surface area contributed by atoms with Gasteiger partial charge in [0.2, 0.25) is 5.91 Å². The number of nitrogens with one attached hydrogen (secondary N) is 1. The van der Waals surface area contributed by atoms with Gasteiger partial charge in [-0.3, -0.25) is 9.00 Å². The molecule has 1 amide bonds. The predicted molar refractivity (Wildman–Crippen MR) is 107 cm³/mol. The first-order chi connectivity index (χ1) is 11.6. The van der Waals surface area contributed by atoms with Gasteiger partial charge in [-0.1, -0.05) is 55.8 Å². The topological polar surface area (TPSA) is 72.2 Å². The van der Waals surface area contributed by atoms with E-state index in [-0.39, 0.29) is 18.3 Å². The van der Waals surface area contributed by atoms with E-state index in [0.717, 1.165) is 17.5 Å². The number of hydrogen-bond acceptors (Lipinski definition) is 3. The fourth-order valence-corrected chi connectivity index (χ4v) is 3.63. The fraction of sp³-hybridized carbons (Fsp3) is 0.316. The van der Waals surface area contributed by atoms with Crippen LogP contribution in [0, 0.1) is 0 Å². The molecule has 3 N–H and O–H groups in total. The summed E-state index contributed by atoms with van der Waals surface area (Å²) in [4.78, 5) is 12.0. The summed E-state index contributed by atoms with van der Waals surface area (Å²) in [5.74, 6) is 0.803. The van der Waals surface area contributed by atoms with Crippen molar-refractivity contribution in [1.29, 1.82) is 0 Å². The molecule has 0 bridgehead atoms. The normalized spacial score (nSPS) is 12.7. The lowest BCUT2D eigenvalue weighted by atomic mass is 10.1. The van der Waals surface area contributed by atoms with E-state index in [1.54, 1.807) is 0 Å². The number of hydrogen-bond donors (Lipinski definition) is 2. The molecule has 0 heterocycles. The molecule has 2 aromatic carbocycles. The summed E-state index contributed by atoms with van der Waals surface area (Å²) in [6, 6.07) is 16.8. The molecule has 136 valence electrons. The van der Waals surface area contributed by atoms with Gasteiger partial charge in [0.25, 0.3) is 0 Å². The molecular formula is C19H25ClN2O2S. The molecule has 0 radical (unpaired) electrons. The maximum atomic E-state index is 12.3. The SMILES string of the molecule is CCCC(N)C(=O)Nc1cccc(CS(=O)Cc2ccccc2)c1.Cl. The first-order valence-corrected chi connectivity index (χ1v) is 9.61. The van der Waals surface area contributed by atoms with Gasteiger partial charge >= 0.3 is 0 Å². The summed E-state index contributed by atoms with van der Waals surface area (Å²) in [5, 5.41) is 2.83. The van der Waals surface area contributed by atoms with Crippen LogP contribution >= 0.6 is 12.4 Å². The first kappa shape index (κ1) is 21.4. The van der Waals surface area contributed by atoms with Gasteiger partial charge in [-0.05, 0) is 29.7 Å². The summed E-state index contributed by atoms with van der Waals surface area (Å²) < 4.78 is 12.3. The molecule has 0 aliphatic carbocycles. The highest BCUT2D eigenvalue weighted by Gasteiger charge is 2.12. The van der Waals surface area contributed by atoms with Crippen LogP contribution in [0.15, 0.2) is 54.6 Å². The van der Waals surface area contributed by atoms with Gasteiger partial charge in [-0.2, -0.15) is 0 Å². The highest BCUT2D eigenvalue weighted by molar-refractivity contribution is 7.83. The third-order valence-corrected chi connectivity index (χ3v) is 4.94. The second-order valence-electron chi connectivity index (χ2n) is 5.80. The van der Waals surface area contributed by atoms with Crippen LogP contribution in [0.1, 0.15) is 30.9 Å². The molecule has 2 rings (SSSR count). The van der Waals surface area contributed by atoms with Crippen molar-refractivity contribution >= 4 is 34.8 Å². The van der Waals surface area contributed by atoms with Crippen molar-refractivity contribution in [3.8, 4) is 0 Å². The Morgan fingerprint density at radius 1 is 1.08 bits per heavy atom. The molecular weight excluding hydrogens is 356 g/mol. The van der Waals surface area contributed by atoms with Gasteiger partial charge in [0.1, 0.15) is 0 Å². The minimum absolute atomic E-state index is 0. The number of rotatable bonds is 8. The quantitative estimate of drug-likeness (QED) is 0.734. The number of anilines is 1. The molecule has 0 fully saturated rings. The van der Waals surface area contributed by atoms with E-state index in [1.807, 2.05) is 61.5 Å². The van der Waals surface area contributed by atoms with E-state index in [0.29, 0.717) is 23.6 Å². The number of benzene rings is 2. The summed E-state index contributed by atoms with van der Waals surface area (Å²) in [6.45, 7) is 2.00. The van der Waals surface area contributed by atoms with Crippen molar-refractivity contribution in [3.05, 3.63) is 65.7 Å². The summed E-state index contributed by atoms with van der Waals surface area (Å²) in [7, 11) is -0.992. The van der Waals surface area contributed by atoms with Gasteiger partial charge in [-0.25, -0.2) is 0 Å². The van der Waals surface area contributed by atoms with Crippen LogP contribution < -0.4 is 11.1 Å². The van der Waals surface area contributed by atoms with Crippen LogP contribution in [0.25, 0.3) is 0 Å². The average molecular weight is 381 g/mol. The molecule has 2 atom stereocenters. The maximum absolute atomic E-state index is 12.3. The molecule has 4 nitrogen and oxygen atoms in total. The molecule has 0 spiro atoms. The summed E-state index contributed by atoms with van der Waals surface area (Å²) in [5.41, 5.74) is 8.51. The zero-order chi connectivity index (χ0) is 17.4. The summed E-state index contributed by atoms with van der Waals surface area (Å²) in [6.07, 6.45) is 1.53. The minimum atomic E-state index is -0.992. The first-order valence-electron chi connectivity index (χ1n) is 8.12. The van der Waals surface area contributed by atoms with E-state index in [4.69, 9.17) is 5.73 Å². The highest BCUT2D eigenvalue weighted by atomic mass is 35.5. The van der Waals surface area contributed by atoms with Gasteiger partial charge in [-0.15, -0.1) is 12.4 Å². The Balaban J connectivity index is 0.00000312. The number of carbonyl (C=O) groups is 1. The molecule has 0 saturated heterocycles. The van der Waals surface area contributed by atoms with Gasteiger partial charge < -0.3 is 11.1 Å². The van der Waals surface area contributed by atoms with E-state index in [1.165, 1.54) is 0 Å². The molecule has 0 aliphatic rings. The Kier molecular flexibility index (Phi) is 9.42. The van der Waals surface area contributed by atoms with Crippen LogP contribution in [0.2, 0.25) is 0 Å². The molecule has 25 heavy (non-hydrogen) atoms. The number of nitrogens with two attached hydrogens (primary N) is 1. The van der Waals surface area contributed by atoms with Crippen LogP contribution in [0.4, 0.5) is 5.69 Å².